The zero-order valence-corrected chi connectivity index (χ0v) is 14.2. The van der Waals surface area contributed by atoms with E-state index < -0.39 is 0 Å². The molecule has 3 rings (SSSR count). The summed E-state index contributed by atoms with van der Waals surface area (Å²) >= 11 is 0. The molecule has 25 heavy (non-hydrogen) atoms. The first-order chi connectivity index (χ1) is 12.3. The smallest absolute Gasteiger partial charge is 0.168 e. The van der Waals surface area contributed by atoms with Crippen LogP contribution in [0.5, 0.6) is 0 Å². The van der Waals surface area contributed by atoms with Crippen LogP contribution in [0.4, 0.5) is 5.82 Å². The summed E-state index contributed by atoms with van der Waals surface area (Å²) in [5.41, 5.74) is 2.71. The summed E-state index contributed by atoms with van der Waals surface area (Å²) < 4.78 is 12.2. The van der Waals surface area contributed by atoms with Crippen LogP contribution in [-0.4, -0.2) is 53.2 Å². The molecule has 0 aliphatic heterocycles. The number of fused-ring (bicyclic) bond motifs is 1. The fraction of sp³-hybridized carbons (Fsp3) is 0.278. The Labute approximate surface area is 146 Å². The van der Waals surface area contributed by atoms with Gasteiger partial charge in [0.25, 0.3) is 0 Å². The summed E-state index contributed by atoms with van der Waals surface area (Å²) in [5.74, 6) is 0.742. The van der Waals surface area contributed by atoms with Crippen molar-refractivity contribution in [1.29, 1.82) is 0 Å². The van der Waals surface area contributed by atoms with Gasteiger partial charge in [0.05, 0.1) is 37.1 Å². The van der Waals surface area contributed by atoms with E-state index in [-0.39, 0.29) is 0 Å². The molecule has 2 heterocycles. The molecule has 7 nitrogen and oxygen atoms in total. The number of hydrogen-bond acceptors (Lipinski definition) is 6. The average Bonchev–Trinajstić information content (AvgIpc) is 3.09. The van der Waals surface area contributed by atoms with E-state index in [2.05, 4.69) is 27.0 Å². The molecule has 0 saturated carbocycles. The number of nitrogens with one attached hydrogen (secondary N) is 1. The molecule has 0 aliphatic rings. The number of aromatic nitrogens is 4. The van der Waals surface area contributed by atoms with Crippen LogP contribution < -0.4 is 5.32 Å². The van der Waals surface area contributed by atoms with E-state index in [4.69, 9.17) is 9.47 Å². The van der Waals surface area contributed by atoms with Crippen molar-refractivity contribution in [2.24, 2.45) is 0 Å². The average molecular weight is 339 g/mol. The standard InChI is InChI=1S/C18H21N5O2/c1-3-14-5-4-6-15(11-14)23-18-16(12-22-23)17(20-13-21-18)19-7-8-25-10-9-24-2/h3-6,11-13H,1,7-10H2,2H3,(H,19,20,21). The number of nitrogens with zero attached hydrogens (tertiary/aromatic N) is 4. The molecule has 3 aromatic rings. The molecule has 0 fully saturated rings. The summed E-state index contributed by atoms with van der Waals surface area (Å²) in [5, 5.41) is 8.59. The number of benzene rings is 1. The third-order valence-electron chi connectivity index (χ3n) is 3.69. The van der Waals surface area contributed by atoms with Crippen molar-refractivity contribution in [3.8, 4) is 5.69 Å². The van der Waals surface area contributed by atoms with E-state index in [9.17, 15) is 0 Å². The van der Waals surface area contributed by atoms with Crippen molar-refractivity contribution >= 4 is 22.9 Å². The van der Waals surface area contributed by atoms with E-state index >= 15 is 0 Å². The lowest BCUT2D eigenvalue weighted by atomic mass is 10.2. The van der Waals surface area contributed by atoms with Gasteiger partial charge in [0.15, 0.2) is 5.65 Å². The highest BCUT2D eigenvalue weighted by Gasteiger charge is 2.11. The first-order valence-corrected chi connectivity index (χ1v) is 8.05. The highest BCUT2D eigenvalue weighted by Crippen LogP contribution is 2.22. The Hall–Kier alpha value is -2.77. The highest BCUT2D eigenvalue weighted by molar-refractivity contribution is 5.87. The Kier molecular flexibility index (Phi) is 5.71. The van der Waals surface area contributed by atoms with E-state index in [1.807, 2.05) is 24.3 Å². The van der Waals surface area contributed by atoms with E-state index in [0.29, 0.717) is 26.4 Å². The maximum atomic E-state index is 5.45. The quantitative estimate of drug-likeness (QED) is 0.604. The highest BCUT2D eigenvalue weighted by atomic mass is 16.5. The zero-order valence-electron chi connectivity index (χ0n) is 14.2. The summed E-state index contributed by atoms with van der Waals surface area (Å²) in [6.07, 6.45) is 5.11. The lowest BCUT2D eigenvalue weighted by Gasteiger charge is -2.08. The molecule has 7 heteroatoms. The predicted molar refractivity (Wildman–Crippen MR) is 97.9 cm³/mol. The summed E-state index contributed by atoms with van der Waals surface area (Å²) in [4.78, 5) is 8.69. The van der Waals surface area contributed by atoms with E-state index in [1.165, 1.54) is 6.33 Å². The van der Waals surface area contributed by atoms with E-state index in [0.717, 1.165) is 28.1 Å². The van der Waals surface area contributed by atoms with Crippen molar-refractivity contribution in [2.45, 2.75) is 0 Å². The molecule has 0 bridgehead atoms. The van der Waals surface area contributed by atoms with Gasteiger partial charge >= 0.3 is 0 Å². The molecule has 0 radical (unpaired) electrons. The van der Waals surface area contributed by atoms with Gasteiger partial charge in [-0.1, -0.05) is 24.8 Å². The fourth-order valence-corrected chi connectivity index (χ4v) is 2.44. The Morgan fingerprint density at radius 1 is 1.24 bits per heavy atom. The number of rotatable bonds is 9. The van der Waals surface area contributed by atoms with Crippen LogP contribution in [0.2, 0.25) is 0 Å². The second-order valence-electron chi connectivity index (χ2n) is 5.35. The first-order valence-electron chi connectivity index (χ1n) is 8.05. The van der Waals surface area contributed by atoms with Gasteiger partial charge in [0.2, 0.25) is 0 Å². The van der Waals surface area contributed by atoms with Gasteiger partial charge in [-0.05, 0) is 17.7 Å². The Bertz CT molecular complexity index is 846. The minimum absolute atomic E-state index is 0.574. The van der Waals surface area contributed by atoms with Crippen LogP contribution in [0.1, 0.15) is 5.56 Å². The number of hydrogen-bond donors (Lipinski definition) is 1. The van der Waals surface area contributed by atoms with Crippen molar-refractivity contribution in [3.63, 3.8) is 0 Å². The lowest BCUT2D eigenvalue weighted by Crippen LogP contribution is -2.13. The molecule has 1 aromatic carbocycles. The van der Waals surface area contributed by atoms with Gasteiger partial charge in [0, 0.05) is 13.7 Å². The molecule has 130 valence electrons. The van der Waals surface area contributed by atoms with Crippen molar-refractivity contribution in [2.75, 3.05) is 38.8 Å². The molecule has 2 aromatic heterocycles. The third kappa shape index (κ3) is 4.01. The second-order valence-corrected chi connectivity index (χ2v) is 5.35. The predicted octanol–water partition coefficient (Wildman–Crippen LogP) is 2.53. The van der Waals surface area contributed by atoms with Crippen LogP contribution >= 0.6 is 0 Å². The first kappa shape index (κ1) is 17.1. The molecule has 0 amide bonds. The zero-order chi connectivity index (χ0) is 17.5. The minimum atomic E-state index is 0.574. The molecule has 0 aliphatic carbocycles. The van der Waals surface area contributed by atoms with Crippen molar-refractivity contribution in [1.82, 2.24) is 19.7 Å². The molecule has 0 spiro atoms. The maximum Gasteiger partial charge on any atom is 0.168 e. The number of methoxy groups -OCH3 is 1. The van der Waals surface area contributed by atoms with Crippen molar-refractivity contribution in [3.05, 3.63) is 48.9 Å². The molecule has 0 unspecified atom stereocenters. The van der Waals surface area contributed by atoms with Crippen LogP contribution in [0, 0.1) is 0 Å². The van der Waals surface area contributed by atoms with Gasteiger partial charge in [-0.25, -0.2) is 14.6 Å². The van der Waals surface area contributed by atoms with Crippen LogP contribution in [0.25, 0.3) is 22.8 Å². The van der Waals surface area contributed by atoms with Gasteiger partial charge in [-0.15, -0.1) is 0 Å². The molecular weight excluding hydrogens is 318 g/mol. The number of anilines is 1. The Morgan fingerprint density at radius 2 is 2.16 bits per heavy atom. The lowest BCUT2D eigenvalue weighted by molar-refractivity contribution is 0.0759. The second kappa shape index (κ2) is 8.36. The molecular formula is C18H21N5O2. The third-order valence-corrected chi connectivity index (χ3v) is 3.69. The topological polar surface area (TPSA) is 74.1 Å². The van der Waals surface area contributed by atoms with Gasteiger partial charge in [-0.3, -0.25) is 0 Å². The molecule has 1 N–H and O–H groups in total. The molecule has 0 saturated heterocycles. The van der Waals surface area contributed by atoms with Gasteiger partial charge in [0.1, 0.15) is 12.1 Å². The summed E-state index contributed by atoms with van der Waals surface area (Å²) in [6.45, 7) is 6.19. The summed E-state index contributed by atoms with van der Waals surface area (Å²) in [7, 11) is 1.65. The maximum absolute atomic E-state index is 5.45. The fourth-order valence-electron chi connectivity index (χ4n) is 2.44. The molecule has 0 atom stereocenters. The van der Waals surface area contributed by atoms with Crippen LogP contribution in [0.15, 0.2) is 43.4 Å². The minimum Gasteiger partial charge on any atom is -0.382 e. The van der Waals surface area contributed by atoms with Crippen LogP contribution in [-0.2, 0) is 9.47 Å². The Balaban J connectivity index is 1.77. The van der Waals surface area contributed by atoms with Gasteiger partial charge < -0.3 is 14.8 Å². The normalized spacial score (nSPS) is 10.9. The monoisotopic (exact) mass is 339 g/mol. The Morgan fingerprint density at radius 3 is 3.00 bits per heavy atom. The largest absolute Gasteiger partial charge is 0.382 e. The SMILES string of the molecule is C=Cc1cccc(-n2ncc3c(NCCOCCOC)ncnc32)c1. The van der Waals surface area contributed by atoms with Crippen LogP contribution in [0.3, 0.4) is 0 Å². The number of ether oxygens (including phenoxy) is 2. The summed E-state index contributed by atoms with van der Waals surface area (Å²) in [6, 6.07) is 7.96. The van der Waals surface area contributed by atoms with Gasteiger partial charge in [-0.2, -0.15) is 5.10 Å². The van der Waals surface area contributed by atoms with Crippen molar-refractivity contribution < 1.29 is 9.47 Å². The van der Waals surface area contributed by atoms with E-state index in [1.54, 1.807) is 24.1 Å².